The maximum atomic E-state index is 12.4. The van der Waals surface area contributed by atoms with Crippen molar-refractivity contribution in [2.75, 3.05) is 5.75 Å². The summed E-state index contributed by atoms with van der Waals surface area (Å²) in [5, 5.41) is 12.1. The van der Waals surface area contributed by atoms with Crippen LogP contribution in [0.5, 0.6) is 0 Å². The van der Waals surface area contributed by atoms with Crippen molar-refractivity contribution in [3.05, 3.63) is 35.9 Å². The van der Waals surface area contributed by atoms with Crippen molar-refractivity contribution in [3.63, 3.8) is 0 Å². The molecule has 1 aromatic rings. The Hall–Kier alpha value is -1.49. The first kappa shape index (κ1) is 16.9. The molecule has 4 nitrogen and oxygen atoms in total. The lowest BCUT2D eigenvalue weighted by Crippen LogP contribution is -2.43. The Morgan fingerprint density at radius 1 is 1.27 bits per heavy atom. The number of carboxylic acid groups (broad SMARTS) is 1. The summed E-state index contributed by atoms with van der Waals surface area (Å²) < 4.78 is 0. The fraction of sp³-hybridized carbons (Fsp3) is 0.529. The van der Waals surface area contributed by atoms with Crippen LogP contribution < -0.4 is 5.32 Å². The van der Waals surface area contributed by atoms with Crippen LogP contribution in [0.2, 0.25) is 0 Å². The summed E-state index contributed by atoms with van der Waals surface area (Å²) >= 11 is 4.30. The molecule has 0 saturated heterocycles. The van der Waals surface area contributed by atoms with E-state index in [2.05, 4.69) is 17.9 Å². The summed E-state index contributed by atoms with van der Waals surface area (Å²) in [5.74, 6) is -0.807. The molecule has 5 heteroatoms. The maximum absolute atomic E-state index is 12.4. The van der Waals surface area contributed by atoms with Crippen LogP contribution in [0.1, 0.15) is 31.2 Å². The second-order valence-corrected chi connectivity index (χ2v) is 6.34. The lowest BCUT2D eigenvalue weighted by Gasteiger charge is -2.28. The van der Waals surface area contributed by atoms with E-state index in [1.54, 1.807) is 0 Å². The van der Waals surface area contributed by atoms with Gasteiger partial charge in [0, 0.05) is 11.8 Å². The average molecular weight is 321 g/mol. The number of aliphatic carboxylic acids is 1. The normalized spacial score (nSPS) is 22.8. The third kappa shape index (κ3) is 4.77. The van der Waals surface area contributed by atoms with Crippen molar-refractivity contribution in [1.29, 1.82) is 0 Å². The Morgan fingerprint density at radius 2 is 2.00 bits per heavy atom. The summed E-state index contributed by atoms with van der Waals surface area (Å²) in [7, 11) is 0. The van der Waals surface area contributed by atoms with Gasteiger partial charge in [-0.15, -0.1) is 0 Å². The number of benzene rings is 1. The molecule has 3 atom stereocenters. The SMILES string of the molecule is O=C(O)C1CCCC(NC(=O)C(CS)Cc2ccccc2)C1. The number of carbonyl (C=O) groups excluding carboxylic acids is 1. The highest BCUT2D eigenvalue weighted by atomic mass is 32.1. The number of thiol groups is 1. The van der Waals surface area contributed by atoms with Crippen LogP contribution >= 0.6 is 12.6 Å². The number of rotatable bonds is 6. The number of hydrogen-bond donors (Lipinski definition) is 3. The van der Waals surface area contributed by atoms with Gasteiger partial charge in [-0.1, -0.05) is 36.8 Å². The predicted octanol–water partition coefficient (Wildman–Crippen LogP) is 2.53. The van der Waals surface area contributed by atoms with Gasteiger partial charge < -0.3 is 10.4 Å². The summed E-state index contributed by atoms with van der Waals surface area (Å²) in [6.45, 7) is 0. The molecule has 22 heavy (non-hydrogen) atoms. The minimum absolute atomic E-state index is 0.0186. The van der Waals surface area contributed by atoms with E-state index < -0.39 is 5.97 Å². The number of hydrogen-bond acceptors (Lipinski definition) is 3. The van der Waals surface area contributed by atoms with Crippen molar-refractivity contribution in [2.45, 2.75) is 38.1 Å². The molecule has 1 saturated carbocycles. The zero-order valence-corrected chi connectivity index (χ0v) is 13.5. The molecule has 1 amide bonds. The molecule has 2 rings (SSSR count). The molecule has 0 bridgehead atoms. The van der Waals surface area contributed by atoms with E-state index in [0.29, 0.717) is 25.0 Å². The van der Waals surface area contributed by atoms with Crippen LogP contribution in [-0.2, 0) is 16.0 Å². The maximum Gasteiger partial charge on any atom is 0.306 e. The molecule has 120 valence electrons. The summed E-state index contributed by atoms with van der Waals surface area (Å²) in [4.78, 5) is 23.5. The molecule has 1 aromatic carbocycles. The fourth-order valence-corrected chi connectivity index (χ4v) is 3.30. The zero-order valence-electron chi connectivity index (χ0n) is 12.6. The van der Waals surface area contributed by atoms with Gasteiger partial charge in [0.05, 0.1) is 11.8 Å². The molecule has 1 aliphatic carbocycles. The van der Waals surface area contributed by atoms with Gasteiger partial charge in [-0.2, -0.15) is 12.6 Å². The van der Waals surface area contributed by atoms with Gasteiger partial charge in [0.15, 0.2) is 0 Å². The molecule has 0 aromatic heterocycles. The van der Waals surface area contributed by atoms with E-state index >= 15 is 0 Å². The van der Waals surface area contributed by atoms with Crippen LogP contribution in [0.4, 0.5) is 0 Å². The van der Waals surface area contributed by atoms with Gasteiger partial charge >= 0.3 is 5.97 Å². The van der Waals surface area contributed by atoms with Crippen molar-refractivity contribution >= 4 is 24.5 Å². The minimum Gasteiger partial charge on any atom is -0.481 e. The van der Waals surface area contributed by atoms with Crippen molar-refractivity contribution in [1.82, 2.24) is 5.32 Å². The van der Waals surface area contributed by atoms with Gasteiger partial charge in [0.25, 0.3) is 0 Å². The predicted molar refractivity (Wildman–Crippen MR) is 89.0 cm³/mol. The Morgan fingerprint density at radius 3 is 2.64 bits per heavy atom. The molecular formula is C17H23NO3S. The van der Waals surface area contributed by atoms with Crippen molar-refractivity contribution in [2.24, 2.45) is 11.8 Å². The highest BCUT2D eigenvalue weighted by Crippen LogP contribution is 2.25. The summed E-state index contributed by atoms with van der Waals surface area (Å²) in [5.41, 5.74) is 1.11. The molecule has 2 N–H and O–H groups in total. The first-order valence-electron chi connectivity index (χ1n) is 7.78. The minimum atomic E-state index is -0.756. The number of carbonyl (C=O) groups is 2. The summed E-state index contributed by atoms with van der Waals surface area (Å²) in [6, 6.07) is 9.85. The van der Waals surface area contributed by atoms with Gasteiger partial charge in [0.2, 0.25) is 5.91 Å². The quantitative estimate of drug-likeness (QED) is 0.705. The van der Waals surface area contributed by atoms with Crippen LogP contribution in [0.25, 0.3) is 0 Å². The fourth-order valence-electron chi connectivity index (χ4n) is 3.00. The summed E-state index contributed by atoms with van der Waals surface area (Å²) in [6.07, 6.45) is 3.62. The Kier molecular flexibility index (Phi) is 6.31. The van der Waals surface area contributed by atoms with Gasteiger partial charge in [0.1, 0.15) is 0 Å². The highest BCUT2D eigenvalue weighted by Gasteiger charge is 2.29. The largest absolute Gasteiger partial charge is 0.481 e. The number of nitrogens with one attached hydrogen (secondary N) is 1. The standard InChI is InChI=1S/C17H23NO3S/c19-16(14(11-22)9-12-5-2-1-3-6-12)18-15-8-4-7-13(10-15)17(20)21/h1-3,5-6,13-15,22H,4,7-11H2,(H,18,19)(H,20,21). The molecule has 0 spiro atoms. The lowest BCUT2D eigenvalue weighted by atomic mass is 9.85. The number of amides is 1. The second-order valence-electron chi connectivity index (χ2n) is 5.98. The Labute approximate surface area is 136 Å². The Balaban J connectivity index is 1.90. The van der Waals surface area contributed by atoms with Crippen molar-refractivity contribution < 1.29 is 14.7 Å². The molecule has 0 heterocycles. The van der Waals surface area contributed by atoms with Crippen molar-refractivity contribution in [3.8, 4) is 0 Å². The Bertz CT molecular complexity index is 506. The van der Waals surface area contributed by atoms with Crippen LogP contribution in [-0.4, -0.2) is 28.8 Å². The molecule has 1 aliphatic rings. The molecule has 0 radical (unpaired) electrons. The second kappa shape index (κ2) is 8.22. The molecule has 1 fully saturated rings. The number of carboxylic acids is 1. The van der Waals surface area contributed by atoms with Crippen LogP contribution in [0.15, 0.2) is 30.3 Å². The van der Waals surface area contributed by atoms with E-state index in [0.717, 1.165) is 18.4 Å². The third-order valence-electron chi connectivity index (χ3n) is 4.29. The smallest absolute Gasteiger partial charge is 0.306 e. The van der Waals surface area contributed by atoms with E-state index in [4.69, 9.17) is 5.11 Å². The first-order chi connectivity index (χ1) is 10.6. The van der Waals surface area contributed by atoms with E-state index in [-0.39, 0.29) is 23.8 Å². The van der Waals surface area contributed by atoms with Gasteiger partial charge in [-0.05, 0) is 31.2 Å². The topological polar surface area (TPSA) is 66.4 Å². The first-order valence-corrected chi connectivity index (χ1v) is 8.41. The zero-order chi connectivity index (χ0) is 15.9. The average Bonchev–Trinajstić information content (AvgIpc) is 2.53. The molecular weight excluding hydrogens is 298 g/mol. The van der Waals surface area contributed by atoms with Gasteiger partial charge in [-0.3, -0.25) is 9.59 Å². The highest BCUT2D eigenvalue weighted by molar-refractivity contribution is 7.80. The lowest BCUT2D eigenvalue weighted by molar-refractivity contribution is -0.143. The molecule has 3 unspecified atom stereocenters. The van der Waals surface area contributed by atoms with E-state index in [9.17, 15) is 9.59 Å². The van der Waals surface area contributed by atoms with E-state index in [1.165, 1.54) is 0 Å². The third-order valence-corrected chi connectivity index (χ3v) is 4.73. The van der Waals surface area contributed by atoms with Gasteiger partial charge in [-0.25, -0.2) is 0 Å². The monoisotopic (exact) mass is 321 g/mol. The van der Waals surface area contributed by atoms with E-state index in [1.807, 2.05) is 30.3 Å². The van der Waals surface area contributed by atoms with Crippen LogP contribution in [0, 0.1) is 11.8 Å². The molecule has 0 aliphatic heterocycles. The van der Waals surface area contributed by atoms with Crippen LogP contribution in [0.3, 0.4) is 0 Å².